The van der Waals surface area contributed by atoms with Crippen LogP contribution in [0.2, 0.25) is 5.02 Å². The van der Waals surface area contributed by atoms with Gasteiger partial charge < -0.3 is 24.8 Å². The molecule has 1 aliphatic heterocycles. The van der Waals surface area contributed by atoms with Gasteiger partial charge in [0.15, 0.2) is 5.96 Å². The van der Waals surface area contributed by atoms with E-state index in [0.717, 1.165) is 64.1 Å². The lowest BCUT2D eigenvalue weighted by molar-refractivity contribution is 0.0888. The molecule has 2 unspecified atom stereocenters. The molecular weight excluding hydrogens is 366 g/mol. The van der Waals surface area contributed by atoms with E-state index in [4.69, 9.17) is 25.8 Å². The molecule has 1 heterocycles. The van der Waals surface area contributed by atoms with Gasteiger partial charge in [0.1, 0.15) is 11.9 Å². The Balaban J connectivity index is 1.62. The van der Waals surface area contributed by atoms with Gasteiger partial charge in [0.25, 0.3) is 0 Å². The molecule has 0 saturated carbocycles. The Bertz CT molecular complexity index is 548. The van der Waals surface area contributed by atoms with Crippen molar-refractivity contribution in [1.29, 1.82) is 0 Å². The second-order valence-electron chi connectivity index (χ2n) is 6.69. The fraction of sp³-hybridized carbons (Fsp3) is 0.650. The third-order valence-corrected chi connectivity index (χ3v) is 4.39. The van der Waals surface area contributed by atoms with Crippen LogP contribution in [-0.2, 0) is 9.47 Å². The molecule has 0 spiro atoms. The number of nitrogens with one attached hydrogen (secondary N) is 2. The van der Waals surface area contributed by atoms with Crippen LogP contribution in [0.15, 0.2) is 29.3 Å². The first-order valence-corrected chi connectivity index (χ1v) is 10.1. The molecule has 0 radical (unpaired) electrons. The SMILES string of the molecule is CCNC(=NCC(C)Oc1ccc(Cl)cc1)NCCCOCC1CCOC1. The minimum Gasteiger partial charge on any atom is -0.489 e. The van der Waals surface area contributed by atoms with Gasteiger partial charge in [-0.05, 0) is 51.0 Å². The highest BCUT2D eigenvalue weighted by Crippen LogP contribution is 2.16. The zero-order valence-corrected chi connectivity index (χ0v) is 17.1. The van der Waals surface area contributed by atoms with Gasteiger partial charge in [-0.15, -0.1) is 0 Å². The first-order chi connectivity index (χ1) is 13.2. The first-order valence-electron chi connectivity index (χ1n) is 9.77. The van der Waals surface area contributed by atoms with Gasteiger partial charge in [0, 0.05) is 37.2 Å². The molecule has 7 heteroatoms. The van der Waals surface area contributed by atoms with Gasteiger partial charge >= 0.3 is 0 Å². The molecule has 0 amide bonds. The van der Waals surface area contributed by atoms with Crippen molar-refractivity contribution >= 4 is 17.6 Å². The Hall–Kier alpha value is -1.50. The number of aliphatic imine (C=N–C) groups is 1. The summed E-state index contributed by atoms with van der Waals surface area (Å²) in [6.45, 7) is 9.52. The lowest BCUT2D eigenvalue weighted by atomic mass is 10.1. The summed E-state index contributed by atoms with van der Waals surface area (Å²) < 4.78 is 16.9. The molecule has 1 aliphatic rings. The Morgan fingerprint density at radius 2 is 2.15 bits per heavy atom. The van der Waals surface area contributed by atoms with Crippen molar-refractivity contribution in [2.75, 3.05) is 46.1 Å². The van der Waals surface area contributed by atoms with E-state index >= 15 is 0 Å². The van der Waals surface area contributed by atoms with Gasteiger partial charge in [-0.1, -0.05) is 11.6 Å². The van der Waals surface area contributed by atoms with Crippen LogP contribution >= 0.6 is 11.6 Å². The summed E-state index contributed by atoms with van der Waals surface area (Å²) in [7, 11) is 0. The summed E-state index contributed by atoms with van der Waals surface area (Å²) in [5, 5.41) is 7.29. The molecule has 0 bridgehead atoms. The van der Waals surface area contributed by atoms with Crippen LogP contribution in [0, 0.1) is 5.92 Å². The van der Waals surface area contributed by atoms with Crippen molar-refractivity contribution in [3.8, 4) is 5.75 Å². The van der Waals surface area contributed by atoms with E-state index in [9.17, 15) is 0 Å². The van der Waals surface area contributed by atoms with Crippen LogP contribution < -0.4 is 15.4 Å². The van der Waals surface area contributed by atoms with E-state index in [-0.39, 0.29) is 6.10 Å². The van der Waals surface area contributed by atoms with E-state index in [2.05, 4.69) is 22.5 Å². The quantitative estimate of drug-likeness (QED) is 0.341. The van der Waals surface area contributed by atoms with Crippen LogP contribution in [0.1, 0.15) is 26.7 Å². The molecule has 1 aromatic rings. The number of nitrogens with zero attached hydrogens (tertiary/aromatic N) is 1. The molecule has 27 heavy (non-hydrogen) atoms. The molecule has 2 N–H and O–H groups in total. The fourth-order valence-corrected chi connectivity index (χ4v) is 2.82. The van der Waals surface area contributed by atoms with Crippen LogP contribution in [-0.4, -0.2) is 58.1 Å². The lowest BCUT2D eigenvalue weighted by Gasteiger charge is -2.15. The lowest BCUT2D eigenvalue weighted by Crippen LogP contribution is -2.38. The predicted molar refractivity (Wildman–Crippen MR) is 110 cm³/mol. The maximum absolute atomic E-state index is 5.89. The summed E-state index contributed by atoms with van der Waals surface area (Å²) >= 11 is 5.89. The van der Waals surface area contributed by atoms with Crippen molar-refractivity contribution in [3.63, 3.8) is 0 Å². The highest BCUT2D eigenvalue weighted by atomic mass is 35.5. The van der Waals surface area contributed by atoms with Gasteiger partial charge in [-0.2, -0.15) is 0 Å². The van der Waals surface area contributed by atoms with Crippen LogP contribution in [0.5, 0.6) is 5.75 Å². The Morgan fingerprint density at radius 1 is 1.33 bits per heavy atom. The maximum atomic E-state index is 5.89. The zero-order chi connectivity index (χ0) is 19.3. The number of rotatable bonds is 11. The molecule has 152 valence electrons. The molecule has 2 rings (SSSR count). The van der Waals surface area contributed by atoms with Gasteiger partial charge in [-0.3, -0.25) is 0 Å². The number of hydrogen-bond acceptors (Lipinski definition) is 4. The molecular formula is C20H32ClN3O3. The summed E-state index contributed by atoms with van der Waals surface area (Å²) in [6.07, 6.45) is 2.03. The summed E-state index contributed by atoms with van der Waals surface area (Å²) in [5.74, 6) is 2.16. The minimum absolute atomic E-state index is 0.0291. The topological polar surface area (TPSA) is 64.1 Å². The smallest absolute Gasteiger partial charge is 0.191 e. The van der Waals surface area contributed by atoms with Crippen LogP contribution in [0.4, 0.5) is 0 Å². The molecule has 0 aromatic heterocycles. The van der Waals surface area contributed by atoms with Gasteiger partial charge in [0.05, 0.1) is 19.8 Å². The van der Waals surface area contributed by atoms with Crippen molar-refractivity contribution < 1.29 is 14.2 Å². The average Bonchev–Trinajstić information content (AvgIpc) is 3.18. The summed E-state index contributed by atoms with van der Waals surface area (Å²) in [5.41, 5.74) is 0. The maximum Gasteiger partial charge on any atom is 0.191 e. The number of hydrogen-bond donors (Lipinski definition) is 2. The number of ether oxygens (including phenoxy) is 3. The molecule has 1 saturated heterocycles. The third-order valence-electron chi connectivity index (χ3n) is 4.14. The fourth-order valence-electron chi connectivity index (χ4n) is 2.69. The van der Waals surface area contributed by atoms with E-state index < -0.39 is 0 Å². The average molecular weight is 398 g/mol. The van der Waals surface area contributed by atoms with E-state index in [1.54, 1.807) is 0 Å². The molecule has 0 aliphatic carbocycles. The predicted octanol–water partition coefficient (Wildman–Crippen LogP) is 3.11. The standard InChI is InChI=1S/C20H32ClN3O3/c1-3-22-20(23-10-4-11-25-14-17-9-12-26-15-17)24-13-16(2)27-19-7-5-18(21)6-8-19/h5-8,16-17H,3-4,9-15H2,1-2H3,(H2,22,23,24). The normalized spacial score (nSPS) is 18.3. The van der Waals surface area contributed by atoms with Crippen LogP contribution in [0.25, 0.3) is 0 Å². The van der Waals surface area contributed by atoms with Crippen molar-refractivity contribution in [2.45, 2.75) is 32.8 Å². The molecule has 2 atom stereocenters. The molecule has 1 aromatic carbocycles. The third kappa shape index (κ3) is 9.31. The number of halogens is 1. The van der Waals surface area contributed by atoms with Crippen molar-refractivity contribution in [3.05, 3.63) is 29.3 Å². The van der Waals surface area contributed by atoms with Crippen molar-refractivity contribution in [1.82, 2.24) is 10.6 Å². The summed E-state index contributed by atoms with van der Waals surface area (Å²) in [6, 6.07) is 7.37. The van der Waals surface area contributed by atoms with Crippen LogP contribution in [0.3, 0.4) is 0 Å². The molecule has 6 nitrogen and oxygen atoms in total. The zero-order valence-electron chi connectivity index (χ0n) is 16.4. The van der Waals surface area contributed by atoms with Gasteiger partial charge in [0.2, 0.25) is 0 Å². The van der Waals surface area contributed by atoms with E-state index in [1.807, 2.05) is 31.2 Å². The highest BCUT2D eigenvalue weighted by Gasteiger charge is 2.15. The minimum atomic E-state index is -0.0291. The summed E-state index contributed by atoms with van der Waals surface area (Å²) in [4.78, 5) is 4.59. The van der Waals surface area contributed by atoms with Crippen molar-refractivity contribution in [2.24, 2.45) is 10.9 Å². The molecule has 1 fully saturated rings. The second-order valence-corrected chi connectivity index (χ2v) is 7.12. The Labute approximate surface area is 167 Å². The monoisotopic (exact) mass is 397 g/mol. The van der Waals surface area contributed by atoms with E-state index in [1.165, 1.54) is 0 Å². The second kappa shape index (κ2) is 12.8. The number of guanidine groups is 1. The highest BCUT2D eigenvalue weighted by molar-refractivity contribution is 6.30. The number of benzene rings is 1. The first kappa shape index (κ1) is 21.8. The van der Waals surface area contributed by atoms with Gasteiger partial charge in [-0.25, -0.2) is 4.99 Å². The Kier molecular flexibility index (Phi) is 10.3. The van der Waals surface area contributed by atoms with E-state index in [0.29, 0.717) is 17.5 Å². The largest absolute Gasteiger partial charge is 0.489 e. The Morgan fingerprint density at radius 3 is 2.85 bits per heavy atom.